The third-order valence-electron chi connectivity index (χ3n) is 2.46. The molecule has 1 saturated heterocycles. The normalized spacial score (nSPS) is 16.8. The molecule has 19 heavy (non-hydrogen) atoms. The molecule has 0 saturated carbocycles. The van der Waals surface area contributed by atoms with Crippen molar-refractivity contribution in [2.45, 2.75) is 0 Å². The zero-order valence-corrected chi connectivity index (χ0v) is 9.66. The molecular formula is C12H10N2O5. The van der Waals surface area contributed by atoms with Crippen molar-refractivity contribution in [3.63, 3.8) is 0 Å². The predicted octanol–water partition coefficient (Wildman–Crippen LogP) is 0.369. The summed E-state index contributed by atoms with van der Waals surface area (Å²) in [6.07, 6.45) is 1.40. The molecule has 0 atom stereocenters. The number of phenols is 1. The lowest BCUT2D eigenvalue weighted by molar-refractivity contribution is -0.140. The van der Waals surface area contributed by atoms with Crippen molar-refractivity contribution < 1.29 is 24.6 Å². The van der Waals surface area contributed by atoms with Crippen LogP contribution in [0.5, 0.6) is 5.75 Å². The Labute approximate surface area is 107 Å². The zero-order valence-electron chi connectivity index (χ0n) is 9.66. The molecule has 0 bridgehead atoms. The fraction of sp³-hybridized carbons (Fsp3) is 0.0833. The fourth-order valence-electron chi connectivity index (χ4n) is 1.59. The van der Waals surface area contributed by atoms with Gasteiger partial charge in [-0.2, -0.15) is 0 Å². The number of carbonyl (C=O) groups excluding carboxylic acids is 2. The second kappa shape index (κ2) is 4.81. The highest BCUT2D eigenvalue weighted by atomic mass is 16.4. The van der Waals surface area contributed by atoms with Crippen molar-refractivity contribution in [2.24, 2.45) is 0 Å². The highest BCUT2D eigenvalue weighted by Crippen LogP contribution is 2.16. The molecule has 1 aliphatic heterocycles. The molecule has 1 aromatic rings. The van der Waals surface area contributed by atoms with Gasteiger partial charge < -0.3 is 15.5 Å². The predicted molar refractivity (Wildman–Crippen MR) is 64.0 cm³/mol. The van der Waals surface area contributed by atoms with E-state index >= 15 is 0 Å². The van der Waals surface area contributed by atoms with Crippen LogP contribution in [0.2, 0.25) is 0 Å². The maximum absolute atomic E-state index is 11.8. The standard InChI is InChI=1S/C12H10N2O5/c15-8-3-1-7(2-4-8)5-9-11(18)14(6-10(16)17)12(19)13-9/h1-5,15H,6H2,(H,13,19)(H,16,17). The lowest BCUT2D eigenvalue weighted by atomic mass is 10.2. The van der Waals surface area contributed by atoms with Gasteiger partial charge in [-0.25, -0.2) is 9.69 Å². The zero-order chi connectivity index (χ0) is 14.0. The first-order chi connectivity index (χ1) is 8.97. The molecule has 7 nitrogen and oxygen atoms in total. The number of carboxylic acids is 1. The lowest BCUT2D eigenvalue weighted by Crippen LogP contribution is -2.35. The number of hydrogen-bond acceptors (Lipinski definition) is 4. The van der Waals surface area contributed by atoms with Gasteiger partial charge in [-0.15, -0.1) is 0 Å². The van der Waals surface area contributed by atoms with Crippen LogP contribution in [0.15, 0.2) is 30.0 Å². The van der Waals surface area contributed by atoms with Gasteiger partial charge in [0.25, 0.3) is 5.91 Å². The van der Waals surface area contributed by atoms with Gasteiger partial charge in [0.2, 0.25) is 0 Å². The van der Waals surface area contributed by atoms with Crippen LogP contribution < -0.4 is 5.32 Å². The third kappa shape index (κ3) is 2.71. The molecule has 1 heterocycles. The number of hydrogen-bond donors (Lipinski definition) is 3. The van der Waals surface area contributed by atoms with E-state index in [1.54, 1.807) is 12.1 Å². The number of imide groups is 1. The van der Waals surface area contributed by atoms with E-state index in [1.165, 1.54) is 18.2 Å². The molecule has 0 aromatic heterocycles. The van der Waals surface area contributed by atoms with E-state index in [0.717, 1.165) is 0 Å². The van der Waals surface area contributed by atoms with E-state index in [2.05, 4.69) is 5.32 Å². The molecule has 1 aromatic carbocycles. The number of benzene rings is 1. The number of carboxylic acid groups (broad SMARTS) is 1. The molecule has 2 rings (SSSR count). The first-order valence-electron chi connectivity index (χ1n) is 5.33. The summed E-state index contributed by atoms with van der Waals surface area (Å²) >= 11 is 0. The maximum Gasteiger partial charge on any atom is 0.329 e. The molecule has 1 fully saturated rings. The van der Waals surface area contributed by atoms with Gasteiger partial charge in [-0.3, -0.25) is 9.59 Å². The van der Waals surface area contributed by atoms with E-state index in [0.29, 0.717) is 10.5 Å². The number of rotatable bonds is 3. The Kier molecular flexibility index (Phi) is 3.19. The van der Waals surface area contributed by atoms with Gasteiger partial charge >= 0.3 is 12.0 Å². The highest BCUT2D eigenvalue weighted by Gasteiger charge is 2.34. The van der Waals surface area contributed by atoms with Crippen molar-refractivity contribution in [3.8, 4) is 5.75 Å². The Balaban J connectivity index is 2.23. The van der Waals surface area contributed by atoms with Crippen molar-refractivity contribution in [1.82, 2.24) is 10.2 Å². The number of nitrogens with one attached hydrogen (secondary N) is 1. The van der Waals surface area contributed by atoms with E-state index < -0.39 is 24.5 Å². The Bertz CT molecular complexity index is 576. The highest BCUT2D eigenvalue weighted by molar-refractivity contribution is 6.15. The number of carbonyl (C=O) groups is 3. The van der Waals surface area contributed by atoms with E-state index in [1.807, 2.05) is 0 Å². The molecule has 0 spiro atoms. The Morgan fingerprint density at radius 3 is 2.47 bits per heavy atom. The minimum absolute atomic E-state index is 0.00283. The van der Waals surface area contributed by atoms with Crippen LogP contribution in [-0.2, 0) is 9.59 Å². The first kappa shape index (κ1) is 12.6. The minimum atomic E-state index is -1.27. The third-order valence-corrected chi connectivity index (χ3v) is 2.46. The van der Waals surface area contributed by atoms with Gasteiger partial charge in [0.1, 0.15) is 18.0 Å². The van der Waals surface area contributed by atoms with Crippen LogP contribution in [0, 0.1) is 0 Å². The van der Waals surface area contributed by atoms with Crippen LogP contribution in [0.1, 0.15) is 5.56 Å². The van der Waals surface area contributed by atoms with Gasteiger partial charge in [0.15, 0.2) is 0 Å². The number of amides is 3. The van der Waals surface area contributed by atoms with Crippen molar-refractivity contribution in [1.29, 1.82) is 0 Å². The first-order valence-corrected chi connectivity index (χ1v) is 5.33. The topological polar surface area (TPSA) is 107 Å². The van der Waals surface area contributed by atoms with Gasteiger partial charge in [0.05, 0.1) is 0 Å². The maximum atomic E-state index is 11.8. The molecule has 7 heteroatoms. The van der Waals surface area contributed by atoms with E-state index in [-0.39, 0.29) is 11.4 Å². The summed E-state index contributed by atoms with van der Waals surface area (Å²) in [4.78, 5) is 34.3. The van der Waals surface area contributed by atoms with Crippen LogP contribution in [-0.4, -0.2) is 39.6 Å². The smallest absolute Gasteiger partial charge is 0.329 e. The average Bonchev–Trinajstić information content (AvgIpc) is 2.60. The minimum Gasteiger partial charge on any atom is -0.508 e. The summed E-state index contributed by atoms with van der Waals surface area (Å²) in [5.41, 5.74) is 0.593. The SMILES string of the molecule is O=C(O)CN1C(=O)NC(=Cc2ccc(O)cc2)C1=O. The number of urea groups is 1. The molecule has 3 amide bonds. The van der Waals surface area contributed by atoms with Crippen LogP contribution in [0.3, 0.4) is 0 Å². The van der Waals surface area contributed by atoms with Crippen LogP contribution in [0.4, 0.5) is 4.79 Å². The molecule has 0 aliphatic carbocycles. The molecule has 1 aliphatic rings. The second-order valence-corrected chi connectivity index (χ2v) is 3.86. The Hall–Kier alpha value is -2.83. The molecule has 0 unspecified atom stereocenters. The summed E-state index contributed by atoms with van der Waals surface area (Å²) in [5, 5.41) is 20.0. The summed E-state index contributed by atoms with van der Waals surface area (Å²) in [6.45, 7) is -0.683. The molecule has 0 radical (unpaired) electrons. The van der Waals surface area contributed by atoms with Crippen molar-refractivity contribution in [2.75, 3.05) is 6.54 Å². The van der Waals surface area contributed by atoms with E-state index in [4.69, 9.17) is 10.2 Å². The van der Waals surface area contributed by atoms with Gasteiger partial charge in [0, 0.05) is 0 Å². The summed E-state index contributed by atoms with van der Waals surface area (Å²) in [5.74, 6) is -1.88. The van der Waals surface area contributed by atoms with Crippen LogP contribution in [0.25, 0.3) is 6.08 Å². The summed E-state index contributed by atoms with van der Waals surface area (Å²) in [7, 11) is 0. The number of phenolic OH excluding ortho intramolecular Hbond substituents is 1. The van der Waals surface area contributed by atoms with Crippen molar-refractivity contribution in [3.05, 3.63) is 35.5 Å². The monoisotopic (exact) mass is 262 g/mol. The van der Waals surface area contributed by atoms with Crippen LogP contribution >= 0.6 is 0 Å². The van der Waals surface area contributed by atoms with Gasteiger partial charge in [-0.1, -0.05) is 12.1 Å². The molecular weight excluding hydrogens is 252 g/mol. The average molecular weight is 262 g/mol. The second-order valence-electron chi connectivity index (χ2n) is 3.86. The summed E-state index contributed by atoms with van der Waals surface area (Å²) < 4.78 is 0. The number of aromatic hydroxyl groups is 1. The quantitative estimate of drug-likeness (QED) is 0.539. The number of nitrogens with zero attached hydrogens (tertiary/aromatic N) is 1. The Morgan fingerprint density at radius 2 is 1.89 bits per heavy atom. The van der Waals surface area contributed by atoms with E-state index in [9.17, 15) is 14.4 Å². The lowest BCUT2D eigenvalue weighted by Gasteiger charge is -2.06. The van der Waals surface area contributed by atoms with Crippen molar-refractivity contribution >= 4 is 24.0 Å². The largest absolute Gasteiger partial charge is 0.508 e. The number of aliphatic carboxylic acids is 1. The molecule has 98 valence electrons. The Morgan fingerprint density at radius 1 is 1.26 bits per heavy atom. The molecule has 3 N–H and O–H groups in total. The fourth-order valence-corrected chi connectivity index (χ4v) is 1.59. The van der Waals surface area contributed by atoms with Gasteiger partial charge in [-0.05, 0) is 23.8 Å². The summed E-state index contributed by atoms with van der Waals surface area (Å²) in [6, 6.07) is 5.21.